The maximum absolute atomic E-state index is 6.33. The smallest absolute Gasteiger partial charge is 0.164 e. The first-order chi connectivity index (χ1) is 30.2. The molecule has 0 aliphatic rings. The van der Waals surface area contributed by atoms with Crippen molar-refractivity contribution in [1.29, 1.82) is 0 Å². The van der Waals surface area contributed by atoms with E-state index in [1.165, 1.54) is 5.56 Å². The van der Waals surface area contributed by atoms with Gasteiger partial charge in [0.2, 0.25) is 0 Å². The maximum atomic E-state index is 6.33. The minimum Gasteiger partial charge on any atom is -0.455 e. The first-order valence-electron chi connectivity index (χ1n) is 20.5. The van der Waals surface area contributed by atoms with Crippen molar-refractivity contribution in [2.24, 2.45) is 0 Å². The number of para-hydroxylation sites is 2. The monoisotopic (exact) mass is 779 g/mol. The summed E-state index contributed by atoms with van der Waals surface area (Å²) in [4.78, 5) is 15.3. The number of aromatic nitrogens is 3. The van der Waals surface area contributed by atoms with E-state index in [0.29, 0.717) is 17.5 Å². The molecule has 0 aliphatic carbocycles. The molecule has 61 heavy (non-hydrogen) atoms. The Balaban J connectivity index is 0.920. The predicted octanol–water partition coefficient (Wildman–Crippen LogP) is 15.1. The molecular formula is C57H37N3O. The Hall–Kier alpha value is -8.21. The fourth-order valence-electron chi connectivity index (χ4n) is 8.25. The zero-order chi connectivity index (χ0) is 40.5. The normalized spacial score (nSPS) is 11.3. The molecule has 0 aliphatic heterocycles. The zero-order valence-corrected chi connectivity index (χ0v) is 33.1. The molecule has 0 radical (unpaired) electrons. The van der Waals surface area contributed by atoms with Crippen LogP contribution in [0.1, 0.15) is 0 Å². The standard InChI is InChI=1S/C57H37N3O/c1-3-13-38(14-4-1)39-27-33-44(34-28-39)55-58-56(60-57(59-55)52-21-8-7-19-48(52)42-15-5-2-6-16-42)45-35-29-41(30-36-45)47-18-11-17-46(37-47)40-25-31-43(32-26-40)49-22-12-23-51-50-20-9-10-24-53(50)61-54(49)51/h1-37H. The van der Waals surface area contributed by atoms with E-state index >= 15 is 0 Å². The molecule has 11 aromatic rings. The van der Waals surface area contributed by atoms with Crippen molar-refractivity contribution in [3.8, 4) is 89.8 Å². The lowest BCUT2D eigenvalue weighted by Crippen LogP contribution is -2.01. The quantitative estimate of drug-likeness (QED) is 0.154. The Morgan fingerprint density at radius 1 is 0.246 bits per heavy atom. The molecule has 286 valence electrons. The van der Waals surface area contributed by atoms with Crippen LogP contribution in [0.2, 0.25) is 0 Å². The van der Waals surface area contributed by atoms with E-state index in [1.54, 1.807) is 0 Å². The molecule has 0 bridgehead atoms. The minimum absolute atomic E-state index is 0.619. The van der Waals surface area contributed by atoms with Crippen LogP contribution in [0.25, 0.3) is 112 Å². The Morgan fingerprint density at radius 3 is 1.28 bits per heavy atom. The van der Waals surface area contributed by atoms with E-state index < -0.39 is 0 Å². The molecule has 0 N–H and O–H groups in total. The third kappa shape index (κ3) is 6.96. The van der Waals surface area contributed by atoms with Gasteiger partial charge in [0.05, 0.1) is 0 Å². The summed E-state index contributed by atoms with van der Waals surface area (Å²) >= 11 is 0. The van der Waals surface area contributed by atoms with Crippen LogP contribution in [0.3, 0.4) is 0 Å². The fraction of sp³-hybridized carbons (Fsp3) is 0. The highest BCUT2D eigenvalue weighted by atomic mass is 16.3. The van der Waals surface area contributed by atoms with Gasteiger partial charge in [-0.15, -0.1) is 0 Å². The highest BCUT2D eigenvalue weighted by molar-refractivity contribution is 6.09. The SMILES string of the molecule is c1ccc(-c2ccc(-c3nc(-c4ccc(-c5cccc(-c6ccc(-c7cccc8c7oc7ccccc78)cc6)c5)cc4)nc(-c4ccccc4-c4ccccc4)n3)cc2)cc1. The van der Waals surface area contributed by atoms with Crippen LogP contribution in [0.15, 0.2) is 229 Å². The second kappa shape index (κ2) is 15.5. The molecule has 0 saturated heterocycles. The van der Waals surface area contributed by atoms with Crippen molar-refractivity contribution < 1.29 is 4.42 Å². The fourth-order valence-corrected chi connectivity index (χ4v) is 8.25. The number of benzene rings is 9. The van der Waals surface area contributed by atoms with Crippen LogP contribution in [-0.4, -0.2) is 15.0 Å². The summed E-state index contributed by atoms with van der Waals surface area (Å²) in [6, 6.07) is 78.2. The molecule has 2 aromatic heterocycles. The van der Waals surface area contributed by atoms with E-state index in [2.05, 4.69) is 194 Å². The van der Waals surface area contributed by atoms with E-state index in [4.69, 9.17) is 19.4 Å². The van der Waals surface area contributed by atoms with Crippen LogP contribution in [0, 0.1) is 0 Å². The molecule has 11 rings (SSSR count). The Labute approximate surface area is 354 Å². The number of nitrogens with zero attached hydrogens (tertiary/aromatic N) is 3. The van der Waals surface area contributed by atoms with Gasteiger partial charge in [-0.05, 0) is 62.2 Å². The van der Waals surface area contributed by atoms with Gasteiger partial charge in [0.25, 0.3) is 0 Å². The summed E-state index contributed by atoms with van der Waals surface area (Å²) < 4.78 is 6.33. The summed E-state index contributed by atoms with van der Waals surface area (Å²) in [7, 11) is 0. The second-order valence-electron chi connectivity index (χ2n) is 15.2. The molecule has 0 unspecified atom stereocenters. The average Bonchev–Trinajstić information content (AvgIpc) is 3.74. The average molecular weight is 780 g/mol. The number of hydrogen-bond acceptors (Lipinski definition) is 4. The van der Waals surface area contributed by atoms with Crippen LogP contribution in [0.4, 0.5) is 0 Å². The topological polar surface area (TPSA) is 51.8 Å². The van der Waals surface area contributed by atoms with Crippen LogP contribution >= 0.6 is 0 Å². The number of rotatable bonds is 8. The van der Waals surface area contributed by atoms with Gasteiger partial charge in [-0.1, -0.05) is 212 Å². The molecule has 2 heterocycles. The third-order valence-corrected chi connectivity index (χ3v) is 11.4. The highest BCUT2D eigenvalue weighted by Crippen LogP contribution is 2.38. The molecule has 0 saturated carbocycles. The lowest BCUT2D eigenvalue weighted by molar-refractivity contribution is 0.670. The van der Waals surface area contributed by atoms with Crippen molar-refractivity contribution in [2.45, 2.75) is 0 Å². The van der Waals surface area contributed by atoms with Gasteiger partial charge in [-0.3, -0.25) is 0 Å². The number of fused-ring (bicyclic) bond motifs is 3. The van der Waals surface area contributed by atoms with Crippen molar-refractivity contribution >= 4 is 21.9 Å². The Bertz CT molecular complexity index is 3320. The van der Waals surface area contributed by atoms with Gasteiger partial charge >= 0.3 is 0 Å². The summed E-state index contributed by atoms with van der Waals surface area (Å²) in [6.45, 7) is 0. The van der Waals surface area contributed by atoms with E-state index in [1.807, 2.05) is 30.3 Å². The first kappa shape index (κ1) is 35.9. The Kier molecular flexibility index (Phi) is 9.14. The van der Waals surface area contributed by atoms with Crippen molar-refractivity contribution in [1.82, 2.24) is 15.0 Å². The molecule has 4 heteroatoms. The molecule has 4 nitrogen and oxygen atoms in total. The summed E-state index contributed by atoms with van der Waals surface area (Å²) in [5.74, 6) is 1.87. The number of hydrogen-bond donors (Lipinski definition) is 0. The third-order valence-electron chi connectivity index (χ3n) is 11.4. The lowest BCUT2D eigenvalue weighted by Gasteiger charge is -2.13. The summed E-state index contributed by atoms with van der Waals surface area (Å²) in [5, 5.41) is 2.27. The van der Waals surface area contributed by atoms with E-state index in [-0.39, 0.29) is 0 Å². The molecule has 0 atom stereocenters. The maximum Gasteiger partial charge on any atom is 0.164 e. The van der Waals surface area contributed by atoms with E-state index in [9.17, 15) is 0 Å². The van der Waals surface area contributed by atoms with Gasteiger partial charge in [-0.2, -0.15) is 0 Å². The number of furan rings is 1. The molecule has 0 amide bonds. The second-order valence-corrected chi connectivity index (χ2v) is 15.2. The van der Waals surface area contributed by atoms with Crippen molar-refractivity contribution in [3.63, 3.8) is 0 Å². The van der Waals surface area contributed by atoms with Gasteiger partial charge in [0.1, 0.15) is 11.2 Å². The minimum atomic E-state index is 0.619. The molecular weight excluding hydrogens is 743 g/mol. The van der Waals surface area contributed by atoms with Gasteiger partial charge in [-0.25, -0.2) is 15.0 Å². The van der Waals surface area contributed by atoms with Crippen molar-refractivity contribution in [3.05, 3.63) is 224 Å². The first-order valence-corrected chi connectivity index (χ1v) is 20.5. The molecule has 0 fully saturated rings. The van der Waals surface area contributed by atoms with Crippen LogP contribution in [0.5, 0.6) is 0 Å². The lowest BCUT2D eigenvalue weighted by atomic mass is 9.96. The van der Waals surface area contributed by atoms with Gasteiger partial charge < -0.3 is 4.42 Å². The van der Waals surface area contributed by atoms with Gasteiger partial charge in [0, 0.05) is 33.0 Å². The summed E-state index contributed by atoms with van der Waals surface area (Å²) in [5.41, 5.74) is 15.9. The van der Waals surface area contributed by atoms with Crippen molar-refractivity contribution in [2.75, 3.05) is 0 Å². The van der Waals surface area contributed by atoms with E-state index in [0.717, 1.165) is 88.7 Å². The predicted molar refractivity (Wildman–Crippen MR) is 251 cm³/mol. The highest BCUT2D eigenvalue weighted by Gasteiger charge is 2.17. The molecule has 0 spiro atoms. The largest absolute Gasteiger partial charge is 0.455 e. The summed E-state index contributed by atoms with van der Waals surface area (Å²) in [6.07, 6.45) is 0. The zero-order valence-electron chi connectivity index (χ0n) is 33.1. The van der Waals surface area contributed by atoms with Crippen LogP contribution < -0.4 is 0 Å². The molecule has 9 aromatic carbocycles. The van der Waals surface area contributed by atoms with Crippen LogP contribution in [-0.2, 0) is 0 Å². The van der Waals surface area contributed by atoms with Gasteiger partial charge in [0.15, 0.2) is 17.5 Å². The Morgan fingerprint density at radius 2 is 0.639 bits per heavy atom.